The molecule has 35 heavy (non-hydrogen) atoms. The van der Waals surface area contributed by atoms with E-state index in [0.717, 1.165) is 17.4 Å². The van der Waals surface area contributed by atoms with Gasteiger partial charge in [0.05, 0.1) is 15.5 Å². The highest BCUT2D eigenvalue weighted by Gasteiger charge is 2.41. The fourth-order valence-corrected chi connectivity index (χ4v) is 6.63. The molecule has 1 unspecified atom stereocenters. The number of thiazole rings is 1. The molecule has 13 heteroatoms. The topological polar surface area (TPSA) is 82.6 Å². The molecule has 1 fully saturated rings. The lowest BCUT2D eigenvalue weighted by Crippen LogP contribution is -2.41. The maximum absolute atomic E-state index is 13.2. The number of amides is 1. The number of sulfonamides is 1. The average Bonchev–Trinajstić information content (AvgIpc) is 3.53. The lowest BCUT2D eigenvalue weighted by atomic mass is 10.1. The largest absolute Gasteiger partial charge is 0.417 e. The number of carbonyl (C=O) groups is 1. The van der Waals surface area contributed by atoms with E-state index >= 15 is 0 Å². The molecule has 1 aromatic heterocycles. The summed E-state index contributed by atoms with van der Waals surface area (Å²) in [5.41, 5.74) is 0.599. The summed E-state index contributed by atoms with van der Waals surface area (Å²) in [6, 6.07) is 7.73. The number of hydrogen-bond acceptors (Lipinski definition) is 6. The summed E-state index contributed by atoms with van der Waals surface area (Å²) in [4.78, 5) is 20.5. The number of nitrogens with one attached hydrogen (secondary N) is 1. The Labute approximate surface area is 208 Å². The van der Waals surface area contributed by atoms with Gasteiger partial charge in [-0.15, -0.1) is 11.3 Å². The molecule has 0 radical (unpaired) electrons. The van der Waals surface area contributed by atoms with Crippen molar-refractivity contribution in [2.24, 2.45) is 0 Å². The van der Waals surface area contributed by atoms with Crippen LogP contribution in [0.4, 0.5) is 29.7 Å². The zero-order valence-electron chi connectivity index (χ0n) is 17.9. The molecule has 3 aromatic rings. The van der Waals surface area contributed by atoms with E-state index in [9.17, 15) is 26.4 Å². The Kier molecular flexibility index (Phi) is 5.93. The first-order valence-electron chi connectivity index (χ1n) is 10.6. The molecular formula is C22H18ClF3N4O3S2. The minimum Gasteiger partial charge on any atom is -0.359 e. The fraction of sp³-hybridized carbons (Fsp3) is 0.273. The Morgan fingerprint density at radius 3 is 2.51 bits per heavy atom. The molecule has 2 aliphatic rings. The quantitative estimate of drug-likeness (QED) is 0.501. The van der Waals surface area contributed by atoms with Crippen molar-refractivity contribution in [3.8, 4) is 0 Å². The molecule has 0 bridgehead atoms. The number of alkyl halides is 3. The van der Waals surface area contributed by atoms with Crippen LogP contribution < -0.4 is 14.5 Å². The van der Waals surface area contributed by atoms with Crippen molar-refractivity contribution in [3.63, 3.8) is 0 Å². The fourth-order valence-electron chi connectivity index (χ4n) is 4.48. The van der Waals surface area contributed by atoms with E-state index in [1.165, 1.54) is 24.4 Å². The van der Waals surface area contributed by atoms with Crippen molar-refractivity contribution in [2.75, 3.05) is 27.6 Å². The summed E-state index contributed by atoms with van der Waals surface area (Å²) in [7, 11) is -3.82. The molecule has 2 aliphatic heterocycles. The first kappa shape index (κ1) is 23.9. The number of hydrogen-bond donors (Lipinski definition) is 1. The summed E-state index contributed by atoms with van der Waals surface area (Å²) < 4.78 is 67.1. The summed E-state index contributed by atoms with van der Waals surface area (Å²) in [5, 5.41) is 1.58. The molecule has 1 amide bonds. The van der Waals surface area contributed by atoms with Crippen molar-refractivity contribution in [1.29, 1.82) is 0 Å². The van der Waals surface area contributed by atoms with E-state index in [0.29, 0.717) is 42.9 Å². The van der Waals surface area contributed by atoms with Gasteiger partial charge in [-0.05, 0) is 54.8 Å². The van der Waals surface area contributed by atoms with Gasteiger partial charge in [0.2, 0.25) is 5.91 Å². The van der Waals surface area contributed by atoms with Crippen molar-refractivity contribution < 1.29 is 26.4 Å². The van der Waals surface area contributed by atoms with Gasteiger partial charge in [-0.3, -0.25) is 9.52 Å². The van der Waals surface area contributed by atoms with Crippen LogP contribution in [0.15, 0.2) is 52.9 Å². The predicted molar refractivity (Wildman–Crippen MR) is 128 cm³/mol. The van der Waals surface area contributed by atoms with Crippen LogP contribution in [0, 0.1) is 0 Å². The first-order chi connectivity index (χ1) is 16.6. The number of carbonyl (C=O) groups excluding carboxylic acids is 1. The van der Waals surface area contributed by atoms with Gasteiger partial charge < -0.3 is 9.80 Å². The number of nitrogens with zero attached hydrogens (tertiary/aromatic N) is 3. The third-order valence-electron chi connectivity index (χ3n) is 6.10. The Bertz CT molecular complexity index is 1380. The summed E-state index contributed by atoms with van der Waals surface area (Å²) in [6.07, 6.45) is -2.26. The molecule has 7 nitrogen and oxygen atoms in total. The second-order valence-corrected chi connectivity index (χ2v) is 11.1. The van der Waals surface area contributed by atoms with Gasteiger partial charge in [-0.2, -0.15) is 13.2 Å². The summed E-state index contributed by atoms with van der Waals surface area (Å²) in [6.45, 7) is 0.785. The van der Waals surface area contributed by atoms with Gasteiger partial charge in [0.25, 0.3) is 10.0 Å². The molecular weight excluding hydrogens is 525 g/mol. The summed E-state index contributed by atoms with van der Waals surface area (Å²) in [5.74, 6) is -0.203. The van der Waals surface area contributed by atoms with Crippen LogP contribution in [0.1, 0.15) is 17.5 Å². The van der Waals surface area contributed by atoms with E-state index in [1.54, 1.807) is 27.3 Å². The first-order valence-corrected chi connectivity index (χ1v) is 13.3. The van der Waals surface area contributed by atoms with Crippen molar-refractivity contribution in [1.82, 2.24) is 4.98 Å². The van der Waals surface area contributed by atoms with E-state index in [4.69, 9.17) is 11.6 Å². The highest BCUT2D eigenvalue weighted by molar-refractivity contribution is 7.93. The van der Waals surface area contributed by atoms with Crippen LogP contribution in [0.3, 0.4) is 0 Å². The smallest absolute Gasteiger partial charge is 0.359 e. The number of aromatic nitrogens is 1. The van der Waals surface area contributed by atoms with Crippen LogP contribution in [0.2, 0.25) is 5.02 Å². The lowest BCUT2D eigenvalue weighted by molar-refractivity contribution is -0.137. The van der Waals surface area contributed by atoms with Gasteiger partial charge in [0, 0.05) is 36.0 Å². The SMILES string of the molecule is O=C1C(N2CCc3c2ccc(C(F)(F)F)c3Cl)CCN1c1ccc(S(=O)(=O)Nc2nccs2)cc1. The maximum atomic E-state index is 13.2. The monoisotopic (exact) mass is 542 g/mol. The van der Waals surface area contributed by atoms with Crippen LogP contribution >= 0.6 is 22.9 Å². The zero-order valence-corrected chi connectivity index (χ0v) is 20.3. The highest BCUT2D eigenvalue weighted by Crippen LogP contribution is 2.43. The number of benzene rings is 2. The van der Waals surface area contributed by atoms with Gasteiger partial charge in [0.1, 0.15) is 6.04 Å². The van der Waals surface area contributed by atoms with Crippen molar-refractivity contribution in [3.05, 3.63) is 64.1 Å². The van der Waals surface area contributed by atoms with Gasteiger partial charge >= 0.3 is 6.18 Å². The molecule has 5 rings (SSSR count). The van der Waals surface area contributed by atoms with Gasteiger partial charge in [-0.25, -0.2) is 13.4 Å². The van der Waals surface area contributed by atoms with Crippen molar-refractivity contribution in [2.45, 2.75) is 30.0 Å². The Morgan fingerprint density at radius 1 is 1.11 bits per heavy atom. The van der Waals surface area contributed by atoms with Crippen LogP contribution in [0.5, 0.6) is 0 Å². The molecule has 3 heterocycles. The minimum atomic E-state index is -4.55. The molecule has 2 aromatic carbocycles. The van der Waals surface area contributed by atoms with Crippen molar-refractivity contribution >= 4 is 55.4 Å². The number of rotatable bonds is 5. The molecule has 1 N–H and O–H groups in total. The normalized spacial score (nSPS) is 18.3. The molecule has 184 valence electrons. The van der Waals surface area contributed by atoms with Crippen LogP contribution in [-0.2, 0) is 27.4 Å². The molecule has 1 saturated heterocycles. The standard InChI is InChI=1S/C22H18ClF3N4O3S2/c23-19-15-7-10-30(17(15)6-5-16(19)22(24,25)26)18-8-11-29(20(18)31)13-1-3-14(4-2-13)35(32,33)28-21-27-9-12-34-21/h1-6,9,12,18H,7-8,10-11H2,(H,27,28). The average molecular weight is 543 g/mol. The van der Waals surface area contributed by atoms with Gasteiger partial charge in [-0.1, -0.05) is 11.6 Å². The zero-order chi connectivity index (χ0) is 25.0. The lowest BCUT2D eigenvalue weighted by Gasteiger charge is -2.26. The molecule has 0 spiro atoms. The summed E-state index contributed by atoms with van der Waals surface area (Å²) >= 11 is 7.22. The van der Waals surface area contributed by atoms with E-state index in [1.807, 2.05) is 0 Å². The number of anilines is 3. The van der Waals surface area contributed by atoms with E-state index < -0.39 is 27.8 Å². The molecule has 0 saturated carbocycles. The predicted octanol–water partition coefficient (Wildman–Crippen LogP) is 4.78. The van der Waals surface area contributed by atoms with Crippen LogP contribution in [-0.4, -0.2) is 38.4 Å². The number of halogens is 4. The van der Waals surface area contributed by atoms with E-state index in [2.05, 4.69) is 9.71 Å². The van der Waals surface area contributed by atoms with Crippen LogP contribution in [0.25, 0.3) is 0 Å². The third kappa shape index (κ3) is 4.34. The Hall–Kier alpha value is -2.83. The second kappa shape index (κ2) is 8.68. The Morgan fingerprint density at radius 2 is 1.86 bits per heavy atom. The second-order valence-electron chi connectivity index (χ2n) is 8.10. The number of fused-ring (bicyclic) bond motifs is 1. The Balaban J connectivity index is 1.33. The van der Waals surface area contributed by atoms with E-state index in [-0.39, 0.29) is 21.0 Å². The highest BCUT2D eigenvalue weighted by atomic mass is 35.5. The van der Waals surface area contributed by atoms with Gasteiger partial charge in [0.15, 0.2) is 5.13 Å². The third-order valence-corrected chi connectivity index (χ3v) is 8.71. The molecule has 1 atom stereocenters. The minimum absolute atomic E-state index is 0.0308. The maximum Gasteiger partial charge on any atom is 0.417 e. The molecule has 0 aliphatic carbocycles.